The molecule has 0 aromatic carbocycles. The number of hydrogen-bond acceptors (Lipinski definition) is 3. The fourth-order valence-corrected chi connectivity index (χ4v) is 4.24. The van der Waals surface area contributed by atoms with E-state index in [0.29, 0.717) is 24.2 Å². The van der Waals surface area contributed by atoms with E-state index in [1.54, 1.807) is 6.20 Å². The number of aryl methyl sites for hydroxylation is 1. The Labute approximate surface area is 170 Å². The van der Waals surface area contributed by atoms with Crippen molar-refractivity contribution in [3.05, 3.63) is 32.7 Å². The maximum atomic E-state index is 12.6. The Balaban J connectivity index is 0.00000225. The van der Waals surface area contributed by atoms with Gasteiger partial charge < -0.3 is 20.6 Å². The molecule has 0 bridgehead atoms. The van der Waals surface area contributed by atoms with Gasteiger partial charge >= 0.3 is 0 Å². The second-order valence-electron chi connectivity index (χ2n) is 6.13. The molecule has 1 amide bonds. The maximum Gasteiger partial charge on any atom is 0.267 e. The predicted molar refractivity (Wildman–Crippen MR) is 108 cm³/mol. The van der Waals surface area contributed by atoms with Gasteiger partial charge in [-0.15, -0.1) is 12.4 Å². The molecule has 1 fully saturated rings. The van der Waals surface area contributed by atoms with Crippen LogP contribution < -0.4 is 11.1 Å². The Morgan fingerprint density at radius 3 is 2.76 bits per heavy atom. The molecule has 1 saturated carbocycles. The highest BCUT2D eigenvalue weighted by Gasteiger charge is 2.25. The third kappa shape index (κ3) is 4.80. The van der Waals surface area contributed by atoms with Crippen molar-refractivity contribution in [2.45, 2.75) is 44.6 Å². The molecule has 138 valence electrons. The maximum absolute atomic E-state index is 12.6. The van der Waals surface area contributed by atoms with Crippen LogP contribution in [0.2, 0.25) is 0 Å². The van der Waals surface area contributed by atoms with E-state index in [2.05, 4.69) is 51.7 Å². The number of amides is 1. The Kier molecular flexibility index (Phi) is 7.39. The van der Waals surface area contributed by atoms with Crippen LogP contribution in [0.15, 0.2) is 21.3 Å². The van der Waals surface area contributed by atoms with Crippen LogP contribution in [-0.4, -0.2) is 27.0 Å². The van der Waals surface area contributed by atoms with Crippen molar-refractivity contribution in [1.82, 2.24) is 19.9 Å². The minimum atomic E-state index is -0.0302. The molecule has 0 saturated heterocycles. The topological polar surface area (TPSA) is 88.7 Å². The molecule has 0 aliphatic heterocycles. The number of halogens is 3. The number of carbonyl (C=O) groups excluding carboxylic acids is 1. The quantitative estimate of drug-likeness (QED) is 0.525. The van der Waals surface area contributed by atoms with Crippen LogP contribution in [-0.2, 0) is 6.42 Å². The number of nitrogens with one attached hydrogen (secondary N) is 2. The van der Waals surface area contributed by atoms with E-state index >= 15 is 0 Å². The first kappa shape index (κ1) is 20.3. The Morgan fingerprint density at radius 2 is 2.12 bits per heavy atom. The van der Waals surface area contributed by atoms with E-state index in [4.69, 9.17) is 5.73 Å². The van der Waals surface area contributed by atoms with Crippen LogP contribution >= 0.6 is 44.3 Å². The first-order valence-corrected chi connectivity index (χ1v) is 9.78. The summed E-state index contributed by atoms with van der Waals surface area (Å²) in [6.07, 6.45) is 8.07. The molecule has 1 aliphatic rings. The molecular weight excluding hydrogens is 473 g/mol. The molecule has 9 heteroatoms. The van der Waals surface area contributed by atoms with Gasteiger partial charge in [-0.2, -0.15) is 0 Å². The van der Waals surface area contributed by atoms with Crippen molar-refractivity contribution < 1.29 is 4.79 Å². The number of rotatable bonds is 6. The molecule has 2 aromatic heterocycles. The number of hydrogen-bond donors (Lipinski definition) is 3. The SMILES string of the molecule is Cl.Nc1ncc(CCCNC(=O)c2cc(Br)c(Br)n2C2CCCC2)[nH]1. The number of anilines is 1. The van der Waals surface area contributed by atoms with Crippen molar-refractivity contribution >= 4 is 56.1 Å². The van der Waals surface area contributed by atoms with Gasteiger partial charge in [0.2, 0.25) is 0 Å². The molecule has 2 heterocycles. The second kappa shape index (κ2) is 9.09. The minimum Gasteiger partial charge on any atom is -0.369 e. The Hall–Kier alpha value is -0.990. The number of H-pyrrole nitrogens is 1. The summed E-state index contributed by atoms with van der Waals surface area (Å²) in [4.78, 5) is 19.5. The summed E-state index contributed by atoms with van der Waals surface area (Å²) in [6, 6.07) is 2.30. The third-order valence-electron chi connectivity index (χ3n) is 4.41. The van der Waals surface area contributed by atoms with E-state index in [1.807, 2.05) is 6.07 Å². The number of nitrogens with zero attached hydrogens (tertiary/aromatic N) is 2. The Bertz CT molecular complexity index is 724. The summed E-state index contributed by atoms with van der Waals surface area (Å²) >= 11 is 7.13. The van der Waals surface area contributed by atoms with Gasteiger partial charge in [0.05, 0.1) is 15.3 Å². The molecule has 25 heavy (non-hydrogen) atoms. The van der Waals surface area contributed by atoms with E-state index in [0.717, 1.165) is 40.5 Å². The van der Waals surface area contributed by atoms with Crippen LogP contribution in [0, 0.1) is 0 Å². The zero-order chi connectivity index (χ0) is 17.1. The summed E-state index contributed by atoms with van der Waals surface area (Å²) in [5, 5.41) is 3.01. The van der Waals surface area contributed by atoms with Gasteiger partial charge in [0.1, 0.15) is 5.69 Å². The van der Waals surface area contributed by atoms with Gasteiger partial charge in [-0.3, -0.25) is 4.79 Å². The lowest BCUT2D eigenvalue weighted by atomic mass is 10.2. The lowest BCUT2D eigenvalue weighted by Crippen LogP contribution is -2.28. The highest BCUT2D eigenvalue weighted by molar-refractivity contribution is 9.13. The molecule has 0 atom stereocenters. The predicted octanol–water partition coefficient (Wildman–Crippen LogP) is 4.22. The molecule has 6 nitrogen and oxygen atoms in total. The van der Waals surface area contributed by atoms with Gasteiger partial charge in [-0.1, -0.05) is 12.8 Å². The average molecular weight is 496 g/mol. The van der Waals surface area contributed by atoms with Crippen LogP contribution in [0.25, 0.3) is 0 Å². The first-order chi connectivity index (χ1) is 11.6. The molecular formula is C16H22Br2ClN5O. The molecule has 2 aromatic rings. The van der Waals surface area contributed by atoms with Crippen molar-refractivity contribution in [2.75, 3.05) is 12.3 Å². The van der Waals surface area contributed by atoms with Crippen LogP contribution in [0.4, 0.5) is 5.95 Å². The normalized spacial score (nSPS) is 14.5. The summed E-state index contributed by atoms with van der Waals surface area (Å²) in [5.41, 5.74) is 7.25. The monoisotopic (exact) mass is 493 g/mol. The fraction of sp³-hybridized carbons (Fsp3) is 0.500. The van der Waals surface area contributed by atoms with E-state index in [-0.39, 0.29) is 18.3 Å². The summed E-state index contributed by atoms with van der Waals surface area (Å²) in [7, 11) is 0. The largest absolute Gasteiger partial charge is 0.369 e. The highest BCUT2D eigenvalue weighted by atomic mass is 79.9. The van der Waals surface area contributed by atoms with Crippen LogP contribution in [0.5, 0.6) is 0 Å². The third-order valence-corrected chi connectivity index (χ3v) is 6.36. The van der Waals surface area contributed by atoms with E-state index in [1.165, 1.54) is 12.8 Å². The van der Waals surface area contributed by atoms with Gasteiger partial charge in [-0.25, -0.2) is 4.98 Å². The minimum absolute atomic E-state index is 0. The molecule has 0 spiro atoms. The smallest absolute Gasteiger partial charge is 0.267 e. The Morgan fingerprint density at radius 1 is 1.40 bits per heavy atom. The lowest BCUT2D eigenvalue weighted by Gasteiger charge is -2.17. The summed E-state index contributed by atoms with van der Waals surface area (Å²) < 4.78 is 4.00. The lowest BCUT2D eigenvalue weighted by molar-refractivity contribution is 0.0941. The number of imidazole rings is 1. The first-order valence-electron chi connectivity index (χ1n) is 8.20. The molecule has 1 aliphatic carbocycles. The van der Waals surface area contributed by atoms with Crippen molar-refractivity contribution in [2.24, 2.45) is 0 Å². The molecule has 4 N–H and O–H groups in total. The van der Waals surface area contributed by atoms with E-state index < -0.39 is 0 Å². The number of aromatic amines is 1. The average Bonchev–Trinajstić information content (AvgIpc) is 3.27. The fourth-order valence-electron chi connectivity index (χ4n) is 3.24. The zero-order valence-corrected chi connectivity index (χ0v) is 17.7. The van der Waals surface area contributed by atoms with Crippen LogP contribution in [0.1, 0.15) is 54.3 Å². The number of carbonyl (C=O) groups is 1. The van der Waals surface area contributed by atoms with Crippen LogP contribution in [0.3, 0.4) is 0 Å². The van der Waals surface area contributed by atoms with Gasteiger partial charge in [0, 0.05) is 18.3 Å². The van der Waals surface area contributed by atoms with E-state index in [9.17, 15) is 4.79 Å². The number of nitrogen functional groups attached to an aromatic ring is 1. The standard InChI is InChI=1S/C16H21Br2N5O.ClH/c17-12-8-13(23(14(12)18)11-5-1-2-6-11)15(24)20-7-3-4-10-9-21-16(19)22-10;/h8-9,11H,1-7H2,(H,20,24)(H3,19,21,22);1H. The number of nitrogens with two attached hydrogens (primary N) is 1. The van der Waals surface area contributed by atoms with Gasteiger partial charge in [0.15, 0.2) is 5.95 Å². The van der Waals surface area contributed by atoms with Crippen molar-refractivity contribution in [3.63, 3.8) is 0 Å². The number of aromatic nitrogens is 3. The summed E-state index contributed by atoms with van der Waals surface area (Å²) in [5.74, 6) is 0.399. The second-order valence-corrected chi connectivity index (χ2v) is 7.74. The van der Waals surface area contributed by atoms with Crippen molar-refractivity contribution in [1.29, 1.82) is 0 Å². The molecule has 0 radical (unpaired) electrons. The molecule has 3 rings (SSSR count). The summed E-state index contributed by atoms with van der Waals surface area (Å²) in [6.45, 7) is 0.614. The molecule has 0 unspecified atom stereocenters. The highest BCUT2D eigenvalue weighted by Crippen LogP contribution is 2.37. The van der Waals surface area contributed by atoms with Gasteiger partial charge in [0.25, 0.3) is 5.91 Å². The zero-order valence-electron chi connectivity index (χ0n) is 13.7. The van der Waals surface area contributed by atoms with Crippen molar-refractivity contribution in [3.8, 4) is 0 Å². The van der Waals surface area contributed by atoms with Gasteiger partial charge in [-0.05, 0) is 63.6 Å².